The number of thiophene rings is 1. The van der Waals surface area contributed by atoms with Gasteiger partial charge in [0.2, 0.25) is 0 Å². The van der Waals surface area contributed by atoms with Gasteiger partial charge in [0.15, 0.2) is 0 Å². The van der Waals surface area contributed by atoms with Crippen molar-refractivity contribution in [2.45, 2.75) is 13.0 Å². The van der Waals surface area contributed by atoms with Gasteiger partial charge in [0.05, 0.1) is 17.9 Å². The highest BCUT2D eigenvalue weighted by Gasteiger charge is 2.26. The van der Waals surface area contributed by atoms with E-state index in [9.17, 15) is 8.42 Å². The Bertz CT molecular complexity index is 757. The van der Waals surface area contributed by atoms with Crippen LogP contribution in [-0.2, 0) is 19.0 Å². The van der Waals surface area contributed by atoms with Crippen LogP contribution >= 0.6 is 11.3 Å². The molecule has 0 N–H and O–H groups in total. The van der Waals surface area contributed by atoms with E-state index in [4.69, 9.17) is 8.92 Å². The number of fused-ring (bicyclic) bond motifs is 1. The molecule has 1 atom stereocenters. The van der Waals surface area contributed by atoms with Gasteiger partial charge < -0.3 is 9.64 Å². The van der Waals surface area contributed by atoms with Crippen molar-refractivity contribution in [3.63, 3.8) is 0 Å². The predicted molar refractivity (Wildman–Crippen MR) is 82.2 cm³/mol. The van der Waals surface area contributed by atoms with Crippen LogP contribution in [0.4, 0.5) is 5.00 Å². The molecule has 0 unspecified atom stereocenters. The molecular formula is C13H16N2O4S2. The summed E-state index contributed by atoms with van der Waals surface area (Å²) in [6.07, 6.45) is 0.805. The van der Waals surface area contributed by atoms with Gasteiger partial charge in [0, 0.05) is 17.6 Å². The zero-order valence-electron chi connectivity index (χ0n) is 11.8. The number of hydrogen-bond donors (Lipinski definition) is 0. The molecule has 0 saturated carbocycles. The fraction of sp³-hybridized carbons (Fsp3) is 0.462. The molecule has 114 valence electrons. The molecular weight excluding hydrogens is 312 g/mol. The maximum absolute atomic E-state index is 11.0. The highest BCUT2D eigenvalue weighted by Crippen LogP contribution is 2.33. The van der Waals surface area contributed by atoms with E-state index in [1.807, 2.05) is 13.0 Å². The molecule has 1 aliphatic heterocycles. The molecule has 1 saturated heterocycles. The molecule has 0 radical (unpaired) electrons. The first-order valence-corrected chi connectivity index (χ1v) is 9.12. The van der Waals surface area contributed by atoms with E-state index in [0.29, 0.717) is 13.3 Å². The first-order valence-electron chi connectivity index (χ1n) is 6.49. The number of aromatic nitrogens is 1. The van der Waals surface area contributed by atoms with Gasteiger partial charge in [0.25, 0.3) is 10.1 Å². The molecule has 2 aromatic heterocycles. The summed E-state index contributed by atoms with van der Waals surface area (Å²) >= 11 is 1.61. The number of rotatable bonds is 4. The lowest BCUT2D eigenvalue weighted by molar-refractivity contribution is 0.0759. The first kappa shape index (κ1) is 14.7. The molecule has 6 nitrogen and oxygen atoms in total. The monoisotopic (exact) mass is 328 g/mol. The summed E-state index contributed by atoms with van der Waals surface area (Å²) in [4.78, 5) is 7.57. The van der Waals surface area contributed by atoms with Crippen LogP contribution in [0.5, 0.6) is 0 Å². The second-order valence-electron chi connectivity index (χ2n) is 5.06. The SMILES string of the molecule is Cc1ccc2cc(N3CO[C@@H](COS(C)(=O)=O)C3)sc2n1. The highest BCUT2D eigenvalue weighted by atomic mass is 32.2. The summed E-state index contributed by atoms with van der Waals surface area (Å²) in [6.45, 7) is 3.07. The van der Waals surface area contributed by atoms with E-state index in [-0.39, 0.29) is 12.7 Å². The van der Waals surface area contributed by atoms with Gasteiger partial charge in [-0.3, -0.25) is 4.18 Å². The second kappa shape index (κ2) is 5.53. The summed E-state index contributed by atoms with van der Waals surface area (Å²) in [5, 5.41) is 2.18. The zero-order valence-corrected chi connectivity index (χ0v) is 13.4. The molecule has 2 aromatic rings. The van der Waals surface area contributed by atoms with Gasteiger partial charge in [-0.2, -0.15) is 8.42 Å². The van der Waals surface area contributed by atoms with E-state index in [1.165, 1.54) is 0 Å². The van der Waals surface area contributed by atoms with Gasteiger partial charge in [-0.15, -0.1) is 0 Å². The molecule has 8 heteroatoms. The minimum Gasteiger partial charge on any atom is -0.354 e. The van der Waals surface area contributed by atoms with Crippen LogP contribution in [0.1, 0.15) is 5.69 Å². The summed E-state index contributed by atoms with van der Waals surface area (Å²) in [5.41, 5.74) is 0.994. The largest absolute Gasteiger partial charge is 0.354 e. The number of ether oxygens (including phenoxy) is 1. The Morgan fingerprint density at radius 2 is 2.33 bits per heavy atom. The fourth-order valence-electron chi connectivity index (χ4n) is 2.15. The smallest absolute Gasteiger partial charge is 0.264 e. The van der Waals surface area contributed by atoms with Crippen LogP contribution in [0.2, 0.25) is 0 Å². The van der Waals surface area contributed by atoms with Crippen LogP contribution in [0.15, 0.2) is 18.2 Å². The van der Waals surface area contributed by atoms with E-state index in [2.05, 4.69) is 22.0 Å². The Balaban J connectivity index is 1.70. The zero-order chi connectivity index (χ0) is 15.0. The van der Waals surface area contributed by atoms with Crippen molar-refractivity contribution in [3.8, 4) is 0 Å². The van der Waals surface area contributed by atoms with Crippen LogP contribution in [0.3, 0.4) is 0 Å². The predicted octanol–water partition coefficient (Wildman–Crippen LogP) is 1.74. The topological polar surface area (TPSA) is 68.7 Å². The number of pyridine rings is 1. The average molecular weight is 328 g/mol. The van der Waals surface area contributed by atoms with E-state index >= 15 is 0 Å². The van der Waals surface area contributed by atoms with Crippen LogP contribution in [0, 0.1) is 6.92 Å². The quantitative estimate of drug-likeness (QED) is 0.797. The lowest BCUT2D eigenvalue weighted by atomic mass is 10.3. The van der Waals surface area contributed by atoms with Crippen molar-refractivity contribution in [2.24, 2.45) is 0 Å². The van der Waals surface area contributed by atoms with Crippen molar-refractivity contribution in [1.29, 1.82) is 0 Å². The summed E-state index contributed by atoms with van der Waals surface area (Å²) in [7, 11) is -3.42. The first-order chi connectivity index (χ1) is 9.90. The number of aryl methyl sites for hydroxylation is 1. The van der Waals surface area contributed by atoms with Crippen molar-refractivity contribution in [1.82, 2.24) is 4.98 Å². The van der Waals surface area contributed by atoms with E-state index in [0.717, 1.165) is 27.2 Å². The average Bonchev–Trinajstić information content (AvgIpc) is 3.00. The van der Waals surface area contributed by atoms with Gasteiger partial charge in [-0.25, -0.2) is 4.98 Å². The van der Waals surface area contributed by atoms with Gasteiger partial charge in [-0.05, 0) is 19.1 Å². The lowest BCUT2D eigenvalue weighted by Crippen LogP contribution is -2.24. The molecule has 0 spiro atoms. The molecule has 3 rings (SSSR count). The van der Waals surface area contributed by atoms with Crippen molar-refractivity contribution in [2.75, 3.05) is 31.0 Å². The van der Waals surface area contributed by atoms with Crippen molar-refractivity contribution >= 4 is 36.7 Å². The van der Waals surface area contributed by atoms with E-state index in [1.54, 1.807) is 11.3 Å². The minimum absolute atomic E-state index is 0.0532. The normalized spacial score (nSPS) is 19.5. The van der Waals surface area contributed by atoms with Gasteiger partial charge >= 0.3 is 0 Å². The number of anilines is 1. The maximum atomic E-state index is 11.0. The summed E-state index contributed by atoms with van der Waals surface area (Å²) < 4.78 is 32.3. The Kier molecular flexibility index (Phi) is 3.87. The van der Waals surface area contributed by atoms with Crippen molar-refractivity contribution in [3.05, 3.63) is 23.9 Å². The van der Waals surface area contributed by atoms with Crippen LogP contribution in [0.25, 0.3) is 10.2 Å². The molecule has 0 bridgehead atoms. The van der Waals surface area contributed by atoms with Crippen molar-refractivity contribution < 1.29 is 17.3 Å². The standard InChI is InChI=1S/C13H16N2O4S2/c1-9-3-4-10-5-12(20-13(10)14-9)15-6-11(18-8-15)7-19-21(2,16)17/h3-5,11H,6-8H2,1-2H3/t11-/m1/s1. The van der Waals surface area contributed by atoms with Gasteiger partial charge in [0.1, 0.15) is 17.7 Å². The molecule has 1 fully saturated rings. The third-order valence-corrected chi connectivity index (χ3v) is 4.85. The number of hydrogen-bond acceptors (Lipinski definition) is 7. The Labute approximate surface area is 127 Å². The minimum atomic E-state index is -3.42. The molecule has 0 aromatic carbocycles. The van der Waals surface area contributed by atoms with Gasteiger partial charge in [-0.1, -0.05) is 17.4 Å². The summed E-state index contributed by atoms with van der Waals surface area (Å²) in [5.74, 6) is 0. The molecule has 0 amide bonds. The lowest BCUT2D eigenvalue weighted by Gasteiger charge is -2.12. The molecule has 0 aliphatic carbocycles. The molecule has 3 heterocycles. The Morgan fingerprint density at radius 1 is 1.52 bits per heavy atom. The van der Waals surface area contributed by atoms with Crippen LogP contribution < -0.4 is 4.90 Å². The summed E-state index contributed by atoms with van der Waals surface area (Å²) in [6, 6.07) is 6.12. The third kappa shape index (κ3) is 3.52. The third-order valence-electron chi connectivity index (χ3n) is 3.18. The van der Waals surface area contributed by atoms with E-state index < -0.39 is 10.1 Å². The fourth-order valence-corrected chi connectivity index (χ4v) is 3.63. The Morgan fingerprint density at radius 3 is 3.10 bits per heavy atom. The highest BCUT2D eigenvalue weighted by molar-refractivity contribution is 7.85. The number of nitrogens with zero attached hydrogens (tertiary/aromatic N) is 2. The molecule has 1 aliphatic rings. The second-order valence-corrected chi connectivity index (χ2v) is 7.71. The molecule has 21 heavy (non-hydrogen) atoms. The van der Waals surface area contributed by atoms with Crippen LogP contribution in [-0.4, -0.2) is 45.6 Å². The Hall–Kier alpha value is -1.22. The maximum Gasteiger partial charge on any atom is 0.264 e.